The third-order valence-electron chi connectivity index (χ3n) is 3.98. The zero-order valence-electron chi connectivity index (χ0n) is 14.6. The molecule has 27 heavy (non-hydrogen) atoms. The normalized spacial score (nSPS) is 12.2. The molecule has 2 heterocycles. The van der Waals surface area contributed by atoms with E-state index >= 15 is 0 Å². The molecule has 0 bridgehead atoms. The number of thioether (sulfide) groups is 1. The maximum Gasteiger partial charge on any atom is 0.257 e. The second kappa shape index (κ2) is 7.94. The summed E-state index contributed by atoms with van der Waals surface area (Å²) in [7, 11) is 0. The molecule has 0 fully saturated rings. The minimum Gasteiger partial charge on any atom is -0.431 e. The number of carbonyl (C=O) groups excluding carboxylic acids is 1. The molecule has 0 radical (unpaired) electrons. The highest BCUT2D eigenvalue weighted by Gasteiger charge is 2.22. The molecule has 0 saturated heterocycles. The van der Waals surface area contributed by atoms with Gasteiger partial charge in [-0.3, -0.25) is 4.79 Å². The van der Waals surface area contributed by atoms with Crippen molar-refractivity contribution in [3.8, 4) is 11.3 Å². The van der Waals surface area contributed by atoms with Crippen LogP contribution in [-0.2, 0) is 4.79 Å². The van der Waals surface area contributed by atoms with E-state index in [9.17, 15) is 4.79 Å². The molecule has 2 aromatic carbocycles. The van der Waals surface area contributed by atoms with Crippen LogP contribution in [0.4, 0.5) is 5.13 Å². The first-order valence-corrected chi connectivity index (χ1v) is 10.3. The van der Waals surface area contributed by atoms with E-state index in [4.69, 9.17) is 4.42 Å². The van der Waals surface area contributed by atoms with Crippen LogP contribution in [0.15, 0.2) is 69.6 Å². The Balaban J connectivity index is 1.45. The van der Waals surface area contributed by atoms with Gasteiger partial charge in [0.25, 0.3) is 5.22 Å². The highest BCUT2D eigenvalue weighted by molar-refractivity contribution is 8.00. The van der Waals surface area contributed by atoms with Crippen LogP contribution in [0.3, 0.4) is 0 Å². The minimum absolute atomic E-state index is 0.0984. The van der Waals surface area contributed by atoms with Gasteiger partial charge in [-0.05, 0) is 18.6 Å². The van der Waals surface area contributed by atoms with Crippen LogP contribution < -0.4 is 5.32 Å². The molecular weight excluding hydrogens is 378 g/mol. The van der Waals surface area contributed by atoms with Crippen molar-refractivity contribution in [3.63, 3.8) is 0 Å². The first-order valence-electron chi connectivity index (χ1n) is 8.57. The van der Waals surface area contributed by atoms with Gasteiger partial charge in [-0.25, -0.2) is 9.97 Å². The number of fused-ring (bicyclic) bond motifs is 1. The fraction of sp³-hybridized carbons (Fsp3) is 0.150. The largest absolute Gasteiger partial charge is 0.431 e. The molecule has 1 unspecified atom stereocenters. The molecular formula is C20H17N3O2S2. The summed E-state index contributed by atoms with van der Waals surface area (Å²) in [5.74, 6) is -0.0984. The number of anilines is 1. The summed E-state index contributed by atoms with van der Waals surface area (Å²) in [6, 6.07) is 17.5. The molecule has 0 spiro atoms. The first kappa shape index (κ1) is 17.8. The summed E-state index contributed by atoms with van der Waals surface area (Å²) in [5, 5.41) is 5.65. The molecule has 1 atom stereocenters. The maximum atomic E-state index is 12.7. The Bertz CT molecular complexity index is 1030. The lowest BCUT2D eigenvalue weighted by atomic mass is 10.2. The highest BCUT2D eigenvalue weighted by atomic mass is 32.2. The Morgan fingerprint density at radius 2 is 1.93 bits per heavy atom. The number of thiazole rings is 1. The fourth-order valence-electron chi connectivity index (χ4n) is 2.60. The van der Waals surface area contributed by atoms with Crippen LogP contribution >= 0.6 is 23.1 Å². The number of amides is 1. The Kier molecular flexibility index (Phi) is 5.22. The minimum atomic E-state index is -0.304. The Hall–Kier alpha value is -2.64. The first-order chi connectivity index (χ1) is 13.2. The lowest BCUT2D eigenvalue weighted by molar-refractivity contribution is -0.115. The second-order valence-corrected chi connectivity index (χ2v) is 7.87. The summed E-state index contributed by atoms with van der Waals surface area (Å²) in [6.07, 6.45) is 0.659. The van der Waals surface area contributed by atoms with E-state index < -0.39 is 0 Å². The molecule has 0 aliphatic rings. The van der Waals surface area contributed by atoms with E-state index in [1.54, 1.807) is 0 Å². The number of hydrogen-bond acceptors (Lipinski definition) is 6. The second-order valence-electron chi connectivity index (χ2n) is 5.86. The monoisotopic (exact) mass is 395 g/mol. The zero-order valence-corrected chi connectivity index (χ0v) is 16.2. The summed E-state index contributed by atoms with van der Waals surface area (Å²) in [5.41, 5.74) is 3.41. The van der Waals surface area contributed by atoms with Crippen molar-refractivity contribution in [2.24, 2.45) is 0 Å². The van der Waals surface area contributed by atoms with Gasteiger partial charge in [-0.15, -0.1) is 11.3 Å². The average molecular weight is 396 g/mol. The molecule has 1 N–H and O–H groups in total. The number of aromatic nitrogens is 2. The Labute approximate surface area is 164 Å². The van der Waals surface area contributed by atoms with Crippen molar-refractivity contribution in [3.05, 3.63) is 60.0 Å². The Morgan fingerprint density at radius 1 is 1.15 bits per heavy atom. The van der Waals surface area contributed by atoms with E-state index in [2.05, 4.69) is 15.3 Å². The van der Waals surface area contributed by atoms with Gasteiger partial charge >= 0.3 is 0 Å². The van der Waals surface area contributed by atoms with Crippen molar-refractivity contribution in [2.45, 2.75) is 23.8 Å². The van der Waals surface area contributed by atoms with Crippen molar-refractivity contribution in [1.82, 2.24) is 9.97 Å². The van der Waals surface area contributed by atoms with E-state index in [-0.39, 0.29) is 11.2 Å². The number of benzene rings is 2. The molecule has 4 rings (SSSR count). The van der Waals surface area contributed by atoms with Gasteiger partial charge in [0.15, 0.2) is 10.7 Å². The zero-order chi connectivity index (χ0) is 18.6. The van der Waals surface area contributed by atoms with Gasteiger partial charge in [0, 0.05) is 10.9 Å². The van der Waals surface area contributed by atoms with Gasteiger partial charge in [-0.2, -0.15) is 0 Å². The number of carbonyl (C=O) groups is 1. The van der Waals surface area contributed by atoms with E-state index in [0.29, 0.717) is 16.8 Å². The van der Waals surface area contributed by atoms with E-state index in [1.807, 2.05) is 66.9 Å². The smallest absolute Gasteiger partial charge is 0.257 e. The number of hydrogen-bond donors (Lipinski definition) is 1. The summed E-state index contributed by atoms with van der Waals surface area (Å²) in [6.45, 7) is 1.97. The van der Waals surface area contributed by atoms with Gasteiger partial charge in [0.05, 0.1) is 10.9 Å². The number of para-hydroxylation sites is 2. The van der Waals surface area contributed by atoms with Crippen molar-refractivity contribution < 1.29 is 9.21 Å². The van der Waals surface area contributed by atoms with Crippen molar-refractivity contribution >= 4 is 45.2 Å². The number of oxazole rings is 1. The number of nitrogens with one attached hydrogen (secondary N) is 1. The summed E-state index contributed by atoms with van der Waals surface area (Å²) < 4.78 is 5.72. The summed E-state index contributed by atoms with van der Waals surface area (Å²) >= 11 is 2.75. The molecule has 0 saturated carbocycles. The van der Waals surface area contributed by atoms with Crippen LogP contribution in [-0.4, -0.2) is 21.1 Å². The maximum absolute atomic E-state index is 12.7. The van der Waals surface area contributed by atoms with Gasteiger partial charge in [-0.1, -0.05) is 61.2 Å². The standard InChI is InChI=1S/C20H17N3O2S2/c1-2-17(27-20-22-14-10-6-7-11-16(14)25-20)18(24)23-19-21-15(12-26-19)13-8-4-3-5-9-13/h3-12,17H,2H2,1H3,(H,21,23,24). The van der Waals surface area contributed by atoms with Gasteiger partial charge in [0.1, 0.15) is 5.52 Å². The van der Waals surface area contributed by atoms with Crippen LogP contribution in [0.1, 0.15) is 13.3 Å². The van der Waals surface area contributed by atoms with Crippen LogP contribution in [0.2, 0.25) is 0 Å². The van der Waals surface area contributed by atoms with Gasteiger partial charge in [0.2, 0.25) is 5.91 Å². The molecule has 5 nitrogen and oxygen atoms in total. The number of rotatable bonds is 6. The molecule has 0 aliphatic carbocycles. The third kappa shape index (κ3) is 4.04. The van der Waals surface area contributed by atoms with Crippen LogP contribution in [0.25, 0.3) is 22.4 Å². The molecule has 2 aromatic heterocycles. The molecule has 4 aromatic rings. The topological polar surface area (TPSA) is 68.0 Å². The fourth-order valence-corrected chi connectivity index (χ4v) is 4.19. The van der Waals surface area contributed by atoms with E-state index in [0.717, 1.165) is 22.4 Å². The Morgan fingerprint density at radius 3 is 2.70 bits per heavy atom. The summed E-state index contributed by atoms with van der Waals surface area (Å²) in [4.78, 5) is 21.6. The molecule has 1 amide bonds. The van der Waals surface area contributed by atoms with Crippen LogP contribution in [0, 0.1) is 0 Å². The van der Waals surface area contributed by atoms with Crippen molar-refractivity contribution in [2.75, 3.05) is 5.32 Å². The SMILES string of the molecule is CCC(Sc1nc2ccccc2o1)C(=O)Nc1nc(-c2ccccc2)cs1. The third-order valence-corrected chi connectivity index (χ3v) is 5.95. The average Bonchev–Trinajstić information content (AvgIpc) is 3.33. The molecule has 136 valence electrons. The highest BCUT2D eigenvalue weighted by Crippen LogP contribution is 2.30. The molecule has 7 heteroatoms. The lowest BCUT2D eigenvalue weighted by Crippen LogP contribution is -2.24. The predicted molar refractivity (Wildman–Crippen MR) is 110 cm³/mol. The number of nitrogens with zero attached hydrogens (tertiary/aromatic N) is 2. The van der Waals surface area contributed by atoms with Crippen molar-refractivity contribution in [1.29, 1.82) is 0 Å². The molecule has 0 aliphatic heterocycles. The van der Waals surface area contributed by atoms with Crippen LogP contribution in [0.5, 0.6) is 0 Å². The quantitative estimate of drug-likeness (QED) is 0.439. The van der Waals surface area contributed by atoms with E-state index in [1.165, 1.54) is 23.1 Å². The predicted octanol–water partition coefficient (Wildman–Crippen LogP) is 5.46. The lowest BCUT2D eigenvalue weighted by Gasteiger charge is -2.10. The van der Waals surface area contributed by atoms with Gasteiger partial charge < -0.3 is 9.73 Å².